The highest BCUT2D eigenvalue weighted by atomic mass is 16.4. The van der Waals surface area contributed by atoms with Gasteiger partial charge in [-0.3, -0.25) is 4.79 Å². The third-order valence-electron chi connectivity index (χ3n) is 2.64. The van der Waals surface area contributed by atoms with Crippen LogP contribution in [-0.4, -0.2) is 26.0 Å². The number of aromatic nitrogens is 3. The van der Waals surface area contributed by atoms with Crippen LogP contribution in [0.1, 0.15) is 28.8 Å². The van der Waals surface area contributed by atoms with Gasteiger partial charge in [0.1, 0.15) is 17.3 Å². The molecule has 0 aromatic carbocycles. The van der Waals surface area contributed by atoms with E-state index in [1.165, 1.54) is 18.3 Å². The summed E-state index contributed by atoms with van der Waals surface area (Å²) in [5, 5.41) is 11.8. The molecule has 0 saturated carbocycles. The number of nitrogens with one attached hydrogen (secondary N) is 2. The van der Waals surface area contributed by atoms with Crippen LogP contribution in [0, 0.1) is 0 Å². The molecule has 2 heterocycles. The number of aromatic carboxylic acids is 1. The summed E-state index contributed by atoms with van der Waals surface area (Å²) in [5.74, 6) is 0.0283. The molecule has 0 aliphatic heterocycles. The van der Waals surface area contributed by atoms with Gasteiger partial charge < -0.3 is 15.4 Å². The van der Waals surface area contributed by atoms with E-state index >= 15 is 0 Å². The van der Waals surface area contributed by atoms with Gasteiger partial charge in [0.05, 0.1) is 0 Å². The fourth-order valence-corrected chi connectivity index (χ4v) is 1.61. The molecule has 104 valence electrons. The molecule has 2 aromatic heterocycles. The van der Waals surface area contributed by atoms with E-state index < -0.39 is 5.97 Å². The van der Waals surface area contributed by atoms with E-state index in [4.69, 9.17) is 5.11 Å². The van der Waals surface area contributed by atoms with Gasteiger partial charge in [0.25, 0.3) is 5.56 Å². The molecular formula is C13H14N4O3. The molecule has 7 heteroatoms. The second-order valence-corrected chi connectivity index (χ2v) is 4.14. The average molecular weight is 274 g/mol. The minimum atomic E-state index is -1.06. The monoisotopic (exact) mass is 274 g/mol. The van der Waals surface area contributed by atoms with E-state index in [2.05, 4.69) is 20.3 Å². The Morgan fingerprint density at radius 3 is 2.85 bits per heavy atom. The summed E-state index contributed by atoms with van der Waals surface area (Å²) in [6.07, 6.45) is 2.12. The zero-order valence-electron chi connectivity index (χ0n) is 10.9. The standard InChI is InChI=1S/C13H14N4O3/c1-2-10-16-11(5-12(18)17-10)15-7-8-3-4-9(13(19)20)14-6-8/h3-6H,2,7H2,1H3,(H,19,20)(H2,15,16,17,18). The van der Waals surface area contributed by atoms with Gasteiger partial charge in [0.2, 0.25) is 0 Å². The van der Waals surface area contributed by atoms with Crippen molar-refractivity contribution in [2.45, 2.75) is 19.9 Å². The molecule has 2 rings (SSSR count). The molecule has 0 aliphatic carbocycles. The second kappa shape index (κ2) is 5.96. The summed E-state index contributed by atoms with van der Waals surface area (Å²) in [6.45, 7) is 2.31. The molecule has 0 unspecified atom stereocenters. The Balaban J connectivity index is 2.06. The first-order valence-corrected chi connectivity index (χ1v) is 6.11. The maximum Gasteiger partial charge on any atom is 0.354 e. The minimum Gasteiger partial charge on any atom is -0.477 e. The molecule has 7 nitrogen and oxygen atoms in total. The van der Waals surface area contributed by atoms with E-state index in [-0.39, 0.29) is 11.3 Å². The zero-order chi connectivity index (χ0) is 14.5. The molecule has 0 bridgehead atoms. The molecule has 0 aliphatic rings. The predicted molar refractivity (Wildman–Crippen MR) is 72.8 cm³/mol. The number of pyridine rings is 1. The Bertz CT molecular complexity index is 664. The first-order valence-electron chi connectivity index (χ1n) is 6.11. The van der Waals surface area contributed by atoms with Crippen LogP contribution >= 0.6 is 0 Å². The van der Waals surface area contributed by atoms with E-state index in [0.29, 0.717) is 24.6 Å². The largest absolute Gasteiger partial charge is 0.477 e. The summed E-state index contributed by atoms with van der Waals surface area (Å²) >= 11 is 0. The Labute approximate surface area is 114 Å². The van der Waals surface area contributed by atoms with E-state index in [1.54, 1.807) is 6.07 Å². The lowest BCUT2D eigenvalue weighted by molar-refractivity contribution is 0.0690. The Hall–Kier alpha value is -2.70. The highest BCUT2D eigenvalue weighted by molar-refractivity contribution is 5.85. The van der Waals surface area contributed by atoms with Gasteiger partial charge >= 0.3 is 5.97 Å². The fraction of sp³-hybridized carbons (Fsp3) is 0.231. The summed E-state index contributed by atoms with van der Waals surface area (Å²) in [4.78, 5) is 32.7. The van der Waals surface area contributed by atoms with Crippen molar-refractivity contribution in [1.29, 1.82) is 0 Å². The van der Waals surface area contributed by atoms with Crippen molar-refractivity contribution in [3.8, 4) is 0 Å². The van der Waals surface area contributed by atoms with Crippen LogP contribution in [0.25, 0.3) is 0 Å². The van der Waals surface area contributed by atoms with Crippen LogP contribution in [0.15, 0.2) is 29.2 Å². The van der Waals surface area contributed by atoms with Crippen LogP contribution < -0.4 is 10.9 Å². The number of hydrogen-bond donors (Lipinski definition) is 3. The molecule has 0 saturated heterocycles. The molecular weight excluding hydrogens is 260 g/mol. The first kappa shape index (κ1) is 13.7. The maximum absolute atomic E-state index is 11.4. The summed E-state index contributed by atoms with van der Waals surface area (Å²) in [6, 6.07) is 4.47. The van der Waals surface area contributed by atoms with Gasteiger partial charge in [0, 0.05) is 25.2 Å². The summed E-state index contributed by atoms with van der Waals surface area (Å²) in [7, 11) is 0. The SMILES string of the molecule is CCc1nc(NCc2ccc(C(=O)O)nc2)cc(=O)[nH]1. The van der Waals surface area contributed by atoms with E-state index in [0.717, 1.165) is 5.56 Å². The topological polar surface area (TPSA) is 108 Å². The minimum absolute atomic E-state index is 0.00343. The van der Waals surface area contributed by atoms with Gasteiger partial charge in [-0.15, -0.1) is 0 Å². The average Bonchev–Trinajstić information content (AvgIpc) is 2.45. The second-order valence-electron chi connectivity index (χ2n) is 4.14. The highest BCUT2D eigenvalue weighted by Crippen LogP contribution is 2.05. The lowest BCUT2D eigenvalue weighted by atomic mass is 10.2. The van der Waals surface area contributed by atoms with E-state index in [1.807, 2.05) is 6.92 Å². The van der Waals surface area contributed by atoms with Crippen molar-refractivity contribution in [3.05, 3.63) is 51.8 Å². The predicted octanol–water partition coefficient (Wildman–Crippen LogP) is 1.04. The van der Waals surface area contributed by atoms with Crippen molar-refractivity contribution < 1.29 is 9.90 Å². The third-order valence-corrected chi connectivity index (χ3v) is 2.64. The van der Waals surface area contributed by atoms with Crippen LogP contribution in [0.4, 0.5) is 5.82 Å². The van der Waals surface area contributed by atoms with Crippen molar-refractivity contribution in [2.24, 2.45) is 0 Å². The molecule has 0 spiro atoms. The Morgan fingerprint density at radius 1 is 1.45 bits per heavy atom. The van der Waals surface area contributed by atoms with Crippen LogP contribution in [0.5, 0.6) is 0 Å². The highest BCUT2D eigenvalue weighted by Gasteiger charge is 2.04. The number of carboxylic acids is 1. The zero-order valence-corrected chi connectivity index (χ0v) is 10.9. The number of carbonyl (C=O) groups is 1. The van der Waals surface area contributed by atoms with Gasteiger partial charge in [-0.05, 0) is 11.6 Å². The molecule has 0 radical (unpaired) electrons. The number of hydrogen-bond acceptors (Lipinski definition) is 5. The smallest absolute Gasteiger partial charge is 0.354 e. The molecule has 0 atom stereocenters. The Kier molecular flexibility index (Phi) is 4.09. The van der Waals surface area contributed by atoms with Gasteiger partial charge in [-0.1, -0.05) is 13.0 Å². The lowest BCUT2D eigenvalue weighted by Gasteiger charge is -2.06. The first-order chi connectivity index (χ1) is 9.58. The normalized spacial score (nSPS) is 10.2. The van der Waals surface area contributed by atoms with Crippen molar-refractivity contribution in [2.75, 3.05) is 5.32 Å². The van der Waals surface area contributed by atoms with Crippen LogP contribution in [0.2, 0.25) is 0 Å². The number of rotatable bonds is 5. The molecule has 3 N–H and O–H groups in total. The molecule has 2 aromatic rings. The van der Waals surface area contributed by atoms with Crippen molar-refractivity contribution in [1.82, 2.24) is 15.0 Å². The third kappa shape index (κ3) is 3.41. The number of aryl methyl sites for hydroxylation is 1. The number of aromatic amines is 1. The number of H-pyrrole nitrogens is 1. The quantitative estimate of drug-likeness (QED) is 0.751. The maximum atomic E-state index is 11.4. The molecule has 0 fully saturated rings. The summed E-state index contributed by atoms with van der Waals surface area (Å²) in [5.41, 5.74) is 0.588. The van der Waals surface area contributed by atoms with Gasteiger partial charge in [0.15, 0.2) is 0 Å². The van der Waals surface area contributed by atoms with E-state index in [9.17, 15) is 9.59 Å². The number of nitrogens with zero attached hydrogens (tertiary/aromatic N) is 2. The number of carboxylic acid groups (broad SMARTS) is 1. The lowest BCUT2D eigenvalue weighted by Crippen LogP contribution is -2.13. The number of anilines is 1. The van der Waals surface area contributed by atoms with Crippen LogP contribution in [-0.2, 0) is 13.0 Å². The van der Waals surface area contributed by atoms with Crippen molar-refractivity contribution >= 4 is 11.8 Å². The summed E-state index contributed by atoms with van der Waals surface area (Å²) < 4.78 is 0. The van der Waals surface area contributed by atoms with Gasteiger partial charge in [-0.2, -0.15) is 0 Å². The van der Waals surface area contributed by atoms with Gasteiger partial charge in [-0.25, -0.2) is 14.8 Å². The Morgan fingerprint density at radius 2 is 2.25 bits per heavy atom. The fourth-order valence-electron chi connectivity index (χ4n) is 1.61. The molecule has 20 heavy (non-hydrogen) atoms. The molecule has 0 amide bonds. The van der Waals surface area contributed by atoms with Crippen LogP contribution in [0.3, 0.4) is 0 Å². The van der Waals surface area contributed by atoms with Crippen molar-refractivity contribution in [3.63, 3.8) is 0 Å².